The third-order valence-electron chi connectivity index (χ3n) is 8.17. The maximum Gasteiger partial charge on any atom is 0.0863 e. The predicted octanol–water partition coefficient (Wildman–Crippen LogP) is 7.71. The van der Waals surface area contributed by atoms with Crippen LogP contribution in [0.5, 0.6) is 0 Å². The number of hydrogen-bond acceptors (Lipinski definition) is 4. The molecule has 36 heavy (non-hydrogen) atoms. The van der Waals surface area contributed by atoms with Gasteiger partial charge in [0.25, 0.3) is 0 Å². The van der Waals surface area contributed by atoms with Crippen LogP contribution in [0.25, 0.3) is 0 Å². The van der Waals surface area contributed by atoms with Gasteiger partial charge in [0.15, 0.2) is 0 Å². The second-order valence-electron chi connectivity index (χ2n) is 9.95. The van der Waals surface area contributed by atoms with E-state index in [1.54, 1.807) is 12.3 Å². The summed E-state index contributed by atoms with van der Waals surface area (Å²) >= 11 is 22.7. The van der Waals surface area contributed by atoms with Crippen LogP contribution in [0.3, 0.4) is 0 Å². The molecular formula is C28H33BrCl3N3O. The average molecular weight is 614 g/mol. The van der Waals surface area contributed by atoms with Crippen molar-refractivity contribution in [1.82, 2.24) is 4.98 Å². The first-order valence-corrected chi connectivity index (χ1v) is 14.3. The average Bonchev–Trinajstić information content (AvgIpc) is 2.85. The fourth-order valence-corrected chi connectivity index (χ4v) is 7.09. The van der Waals surface area contributed by atoms with E-state index in [-0.39, 0.29) is 23.9 Å². The Labute approximate surface area is 237 Å². The number of rotatable bonds is 6. The molecule has 0 spiro atoms. The van der Waals surface area contributed by atoms with Crippen molar-refractivity contribution in [3.63, 3.8) is 0 Å². The molecule has 4 nitrogen and oxygen atoms in total. The van der Waals surface area contributed by atoms with Gasteiger partial charge in [-0.3, -0.25) is 4.98 Å². The number of allylic oxidation sites excluding steroid dienone is 4. The van der Waals surface area contributed by atoms with E-state index in [4.69, 9.17) is 56.0 Å². The molecule has 2 aliphatic rings. The zero-order chi connectivity index (χ0) is 26.1. The Balaban J connectivity index is 1.79. The molecule has 194 valence electrons. The Bertz CT molecular complexity index is 1140. The lowest BCUT2D eigenvalue weighted by atomic mass is 9.49. The normalized spacial score (nSPS) is 33.1. The van der Waals surface area contributed by atoms with Crippen LogP contribution in [0, 0.1) is 11.8 Å². The molecule has 4 N–H and O–H groups in total. The number of benzene rings is 1. The van der Waals surface area contributed by atoms with Crippen molar-refractivity contribution < 1.29 is 4.74 Å². The molecule has 1 aromatic carbocycles. The molecule has 1 saturated carbocycles. The molecule has 0 radical (unpaired) electrons. The fourth-order valence-electron chi connectivity index (χ4n) is 6.23. The quantitative estimate of drug-likeness (QED) is 0.327. The molecule has 2 heterocycles. The smallest absolute Gasteiger partial charge is 0.0863 e. The topological polar surface area (TPSA) is 74.2 Å². The number of hydrogen-bond donors (Lipinski definition) is 2. The second kappa shape index (κ2) is 11.4. The van der Waals surface area contributed by atoms with Crippen LogP contribution in [0.15, 0.2) is 64.3 Å². The lowest BCUT2D eigenvalue weighted by molar-refractivity contribution is -0.149. The minimum atomic E-state index is -1.02. The van der Waals surface area contributed by atoms with Crippen LogP contribution in [0.1, 0.15) is 56.7 Å². The van der Waals surface area contributed by atoms with Gasteiger partial charge in [-0.05, 0) is 90.7 Å². The minimum absolute atomic E-state index is 0.140. The number of nitrogens with two attached hydrogens (primary N) is 2. The van der Waals surface area contributed by atoms with E-state index in [1.807, 2.05) is 44.2 Å². The minimum Gasteiger partial charge on any atom is -0.376 e. The molecule has 1 aliphatic heterocycles. The Hall–Kier alpha value is -0.920. The summed E-state index contributed by atoms with van der Waals surface area (Å²) in [5, 5.41) is 2.00. The van der Waals surface area contributed by atoms with Gasteiger partial charge < -0.3 is 16.2 Å². The third-order valence-corrected chi connectivity index (χ3v) is 9.57. The Morgan fingerprint density at radius 2 is 1.97 bits per heavy atom. The van der Waals surface area contributed by atoms with Gasteiger partial charge >= 0.3 is 0 Å². The Morgan fingerprint density at radius 3 is 2.64 bits per heavy atom. The summed E-state index contributed by atoms with van der Waals surface area (Å²) in [6, 6.07) is 9.53. The van der Waals surface area contributed by atoms with Gasteiger partial charge in [-0.2, -0.15) is 0 Å². The summed E-state index contributed by atoms with van der Waals surface area (Å²) in [7, 11) is 0. The van der Waals surface area contributed by atoms with E-state index in [2.05, 4.69) is 28.1 Å². The summed E-state index contributed by atoms with van der Waals surface area (Å²) < 4.78 is 7.25. The number of fused-ring (bicyclic) bond motifs is 1. The van der Waals surface area contributed by atoms with E-state index >= 15 is 0 Å². The molecule has 0 bridgehead atoms. The van der Waals surface area contributed by atoms with E-state index in [9.17, 15) is 0 Å². The highest BCUT2D eigenvalue weighted by molar-refractivity contribution is 9.10. The first kappa shape index (κ1) is 28.1. The van der Waals surface area contributed by atoms with Crippen molar-refractivity contribution in [3.05, 3.63) is 85.6 Å². The number of nitrogens with zero attached hydrogens (tertiary/aromatic N) is 1. The van der Waals surface area contributed by atoms with Crippen LogP contribution in [-0.2, 0) is 10.3 Å². The number of ether oxygens (including phenoxy) is 1. The highest BCUT2D eigenvalue weighted by atomic mass is 79.9. The standard InChI is InChI=1S/C28H33BrCl3N3O/c1-3-20(30)7-5-4-6-18-16-36-17(2)27(33)23(18)11-12-24(22-10-9-21(31)14-25(22)32)28(27,34)26-13-8-19(29)15-35-26/h3-5,8-10,13-15,17-18,23-24H,6-7,11-12,16,33-34H2,1-2H3/b5-4-,20-3+. The zero-order valence-corrected chi connectivity index (χ0v) is 24.4. The molecule has 2 aromatic rings. The van der Waals surface area contributed by atoms with Crippen LogP contribution in [0.2, 0.25) is 10.0 Å². The van der Waals surface area contributed by atoms with Crippen LogP contribution < -0.4 is 11.5 Å². The Kier molecular flexibility index (Phi) is 8.93. The van der Waals surface area contributed by atoms with E-state index in [1.165, 1.54) is 0 Å². The van der Waals surface area contributed by atoms with E-state index in [0.717, 1.165) is 46.4 Å². The lowest BCUT2D eigenvalue weighted by Gasteiger charge is -2.63. The molecule has 6 unspecified atom stereocenters. The summed E-state index contributed by atoms with van der Waals surface area (Å²) in [6.45, 7) is 4.62. The second-order valence-corrected chi connectivity index (χ2v) is 12.2. The van der Waals surface area contributed by atoms with Crippen molar-refractivity contribution in [2.24, 2.45) is 23.3 Å². The van der Waals surface area contributed by atoms with Gasteiger partial charge in [0.05, 0.1) is 29.5 Å². The molecule has 2 fully saturated rings. The highest BCUT2D eigenvalue weighted by Gasteiger charge is 2.65. The summed E-state index contributed by atoms with van der Waals surface area (Å²) in [5.74, 6) is 0.207. The van der Waals surface area contributed by atoms with E-state index in [0.29, 0.717) is 16.7 Å². The Morgan fingerprint density at radius 1 is 1.19 bits per heavy atom. The molecule has 1 saturated heterocycles. The van der Waals surface area contributed by atoms with Gasteiger partial charge in [0.2, 0.25) is 0 Å². The van der Waals surface area contributed by atoms with Crippen LogP contribution >= 0.6 is 50.7 Å². The number of aromatic nitrogens is 1. The van der Waals surface area contributed by atoms with Gasteiger partial charge in [0.1, 0.15) is 0 Å². The first-order valence-electron chi connectivity index (χ1n) is 12.3. The van der Waals surface area contributed by atoms with Crippen LogP contribution in [-0.4, -0.2) is 23.2 Å². The summed E-state index contributed by atoms with van der Waals surface area (Å²) in [5.41, 5.74) is 14.8. The lowest BCUT2D eigenvalue weighted by Crippen LogP contribution is -2.79. The molecule has 4 rings (SSSR count). The molecule has 1 aliphatic carbocycles. The fraction of sp³-hybridized carbons (Fsp3) is 0.464. The van der Waals surface area contributed by atoms with Gasteiger partial charge in [-0.15, -0.1) is 0 Å². The number of halogens is 4. The monoisotopic (exact) mass is 611 g/mol. The van der Waals surface area contributed by atoms with Crippen LogP contribution in [0.4, 0.5) is 0 Å². The van der Waals surface area contributed by atoms with Crippen molar-refractivity contribution >= 4 is 50.7 Å². The van der Waals surface area contributed by atoms with Gasteiger partial charge in [0, 0.05) is 38.1 Å². The van der Waals surface area contributed by atoms with Crippen molar-refractivity contribution in [1.29, 1.82) is 0 Å². The number of pyridine rings is 1. The zero-order valence-electron chi connectivity index (χ0n) is 20.6. The largest absolute Gasteiger partial charge is 0.376 e. The first-order chi connectivity index (χ1) is 17.1. The molecular weight excluding hydrogens is 581 g/mol. The molecule has 1 aromatic heterocycles. The van der Waals surface area contributed by atoms with Crippen molar-refractivity contribution in [2.45, 2.75) is 62.6 Å². The maximum atomic E-state index is 7.55. The van der Waals surface area contributed by atoms with Gasteiger partial charge in [-0.25, -0.2) is 0 Å². The molecule has 8 heteroatoms. The SMILES string of the molecule is C/C=C(/Cl)C/C=C\CC1COC(C)C2(N)C1CCC(c1ccc(Cl)cc1Cl)C2(N)c1ccc(Br)cn1. The van der Waals surface area contributed by atoms with Crippen molar-refractivity contribution in [3.8, 4) is 0 Å². The van der Waals surface area contributed by atoms with Crippen molar-refractivity contribution in [2.75, 3.05) is 6.61 Å². The highest BCUT2D eigenvalue weighted by Crippen LogP contribution is 2.58. The predicted molar refractivity (Wildman–Crippen MR) is 154 cm³/mol. The van der Waals surface area contributed by atoms with Gasteiger partial charge in [-0.1, -0.05) is 59.1 Å². The summed E-state index contributed by atoms with van der Waals surface area (Å²) in [4.78, 5) is 4.79. The third kappa shape index (κ3) is 5.05. The maximum absolute atomic E-state index is 7.55. The molecule has 6 atom stereocenters. The van der Waals surface area contributed by atoms with E-state index < -0.39 is 11.1 Å². The molecule has 0 amide bonds. The summed E-state index contributed by atoms with van der Waals surface area (Å²) in [6.07, 6.45) is 11.0.